The first-order valence-electron chi connectivity index (χ1n) is 5.82. The molecule has 17 heavy (non-hydrogen) atoms. The molecule has 0 bridgehead atoms. The second-order valence-electron chi connectivity index (χ2n) is 5.57. The van der Waals surface area contributed by atoms with Gasteiger partial charge < -0.3 is 10.2 Å². The van der Waals surface area contributed by atoms with Crippen LogP contribution in [0.5, 0.6) is 0 Å². The summed E-state index contributed by atoms with van der Waals surface area (Å²) in [5.74, 6) is 0. The van der Waals surface area contributed by atoms with Gasteiger partial charge in [-0.1, -0.05) is 23.9 Å². The number of nitrogens with one attached hydrogen (secondary N) is 1. The van der Waals surface area contributed by atoms with Crippen molar-refractivity contribution in [3.05, 3.63) is 24.3 Å². The summed E-state index contributed by atoms with van der Waals surface area (Å²) < 4.78 is 0. The van der Waals surface area contributed by atoms with Crippen molar-refractivity contribution in [2.75, 3.05) is 4.90 Å². The Morgan fingerprint density at radius 3 is 2.76 bits per heavy atom. The Bertz CT molecular complexity index is 498. The Balaban J connectivity index is 2.10. The largest absolute Gasteiger partial charge is 0.357 e. The van der Waals surface area contributed by atoms with Crippen molar-refractivity contribution in [1.82, 2.24) is 5.32 Å². The quantitative estimate of drug-likeness (QED) is 0.722. The molecular formula is C13H16N2S2. The first-order chi connectivity index (χ1) is 7.91. The van der Waals surface area contributed by atoms with Crippen LogP contribution >= 0.6 is 24.0 Å². The van der Waals surface area contributed by atoms with Crippen LogP contribution < -0.4 is 10.2 Å². The van der Waals surface area contributed by atoms with Crippen molar-refractivity contribution in [2.24, 2.45) is 0 Å². The normalized spacial score (nSPS) is 29.6. The van der Waals surface area contributed by atoms with Gasteiger partial charge in [0, 0.05) is 16.9 Å². The number of thiocarbonyl (C=S) groups is 1. The molecule has 0 aromatic heterocycles. The second-order valence-corrected chi connectivity index (χ2v) is 7.48. The van der Waals surface area contributed by atoms with Crippen LogP contribution in [0.25, 0.3) is 0 Å². The lowest BCUT2D eigenvalue weighted by molar-refractivity contribution is 0.351. The number of benzene rings is 1. The smallest absolute Gasteiger partial charge is 0.175 e. The minimum absolute atomic E-state index is 0.0511. The molecule has 2 aliphatic heterocycles. The van der Waals surface area contributed by atoms with Crippen molar-refractivity contribution in [2.45, 2.75) is 42.5 Å². The van der Waals surface area contributed by atoms with E-state index >= 15 is 0 Å². The van der Waals surface area contributed by atoms with Gasteiger partial charge in [-0.3, -0.25) is 0 Å². The van der Waals surface area contributed by atoms with Gasteiger partial charge in [-0.15, -0.1) is 0 Å². The van der Waals surface area contributed by atoms with Crippen LogP contribution in [0.15, 0.2) is 29.2 Å². The van der Waals surface area contributed by atoms with Crippen LogP contribution in [0, 0.1) is 0 Å². The zero-order valence-electron chi connectivity index (χ0n) is 10.3. The van der Waals surface area contributed by atoms with Gasteiger partial charge in [0.1, 0.15) is 0 Å². The molecule has 0 saturated carbocycles. The summed E-state index contributed by atoms with van der Waals surface area (Å²) in [5, 5.41) is 4.29. The lowest BCUT2D eigenvalue weighted by Gasteiger charge is -2.48. The summed E-state index contributed by atoms with van der Waals surface area (Å²) in [6.07, 6.45) is 1.07. The molecular weight excluding hydrogens is 248 g/mol. The number of nitrogens with zero attached hydrogens (tertiary/aromatic N) is 1. The standard InChI is InChI=1S/C13H16N2S2/c1-12(2)8-13(3)15(11(16)14-12)9-6-4-5-7-10(9)17-13/h4-7H,8H2,1-3H3,(H,14,16)/t13-/m1/s1. The van der Waals surface area contributed by atoms with Crippen molar-refractivity contribution in [3.8, 4) is 0 Å². The molecule has 4 heteroatoms. The molecule has 0 amide bonds. The molecule has 1 aromatic carbocycles. The van der Waals surface area contributed by atoms with Crippen LogP contribution in [0.2, 0.25) is 0 Å². The molecule has 0 radical (unpaired) electrons. The summed E-state index contributed by atoms with van der Waals surface area (Å²) in [5.41, 5.74) is 1.31. The summed E-state index contributed by atoms with van der Waals surface area (Å²) in [6, 6.07) is 8.50. The fourth-order valence-electron chi connectivity index (χ4n) is 2.91. The van der Waals surface area contributed by atoms with Crippen LogP contribution in [0.1, 0.15) is 27.2 Å². The minimum atomic E-state index is 0.0511. The van der Waals surface area contributed by atoms with Crippen LogP contribution in [-0.2, 0) is 0 Å². The zero-order chi connectivity index (χ0) is 12.3. The molecule has 1 fully saturated rings. The maximum Gasteiger partial charge on any atom is 0.175 e. The van der Waals surface area contributed by atoms with E-state index in [9.17, 15) is 0 Å². The Morgan fingerprint density at radius 2 is 2.00 bits per heavy atom. The Hall–Kier alpha value is -0.740. The van der Waals surface area contributed by atoms with E-state index in [0.717, 1.165) is 11.5 Å². The van der Waals surface area contributed by atoms with E-state index in [-0.39, 0.29) is 10.4 Å². The molecule has 0 aliphatic carbocycles. The predicted molar refractivity (Wildman–Crippen MR) is 77.6 cm³/mol. The summed E-state index contributed by atoms with van der Waals surface area (Å²) >= 11 is 7.47. The molecule has 2 heterocycles. The predicted octanol–water partition coefficient (Wildman–Crippen LogP) is 3.37. The number of hydrogen-bond acceptors (Lipinski definition) is 2. The molecule has 90 valence electrons. The maximum atomic E-state index is 5.54. The lowest BCUT2D eigenvalue weighted by atomic mass is 9.92. The molecule has 0 spiro atoms. The van der Waals surface area contributed by atoms with E-state index in [1.165, 1.54) is 10.6 Å². The number of para-hydroxylation sites is 1. The number of anilines is 1. The molecule has 1 aromatic rings. The first kappa shape index (κ1) is 11.4. The van der Waals surface area contributed by atoms with Crippen LogP contribution in [-0.4, -0.2) is 15.5 Å². The zero-order valence-corrected chi connectivity index (χ0v) is 11.9. The molecule has 3 rings (SSSR count). The van der Waals surface area contributed by atoms with E-state index in [4.69, 9.17) is 12.2 Å². The fraction of sp³-hybridized carbons (Fsp3) is 0.462. The van der Waals surface area contributed by atoms with E-state index in [0.29, 0.717) is 0 Å². The van der Waals surface area contributed by atoms with E-state index in [1.54, 1.807) is 0 Å². The van der Waals surface area contributed by atoms with Gasteiger partial charge in [0.15, 0.2) is 5.11 Å². The van der Waals surface area contributed by atoms with Gasteiger partial charge in [-0.2, -0.15) is 0 Å². The fourth-order valence-corrected chi connectivity index (χ4v) is 5.15. The van der Waals surface area contributed by atoms with Crippen molar-refractivity contribution in [1.29, 1.82) is 0 Å². The highest BCUT2D eigenvalue weighted by molar-refractivity contribution is 8.01. The van der Waals surface area contributed by atoms with Gasteiger partial charge in [-0.25, -0.2) is 0 Å². The van der Waals surface area contributed by atoms with E-state index < -0.39 is 0 Å². The summed E-state index contributed by atoms with van der Waals surface area (Å²) in [7, 11) is 0. The van der Waals surface area contributed by atoms with Crippen LogP contribution in [0.4, 0.5) is 5.69 Å². The first-order valence-corrected chi connectivity index (χ1v) is 7.04. The molecule has 1 N–H and O–H groups in total. The number of fused-ring (bicyclic) bond motifs is 3. The molecule has 0 unspecified atom stereocenters. The van der Waals surface area contributed by atoms with Crippen molar-refractivity contribution >= 4 is 34.8 Å². The highest BCUT2D eigenvalue weighted by Gasteiger charge is 2.50. The Morgan fingerprint density at radius 1 is 1.29 bits per heavy atom. The number of thioether (sulfide) groups is 1. The maximum absolute atomic E-state index is 5.54. The van der Waals surface area contributed by atoms with Gasteiger partial charge in [0.05, 0.1) is 10.6 Å². The third-order valence-electron chi connectivity index (χ3n) is 3.33. The monoisotopic (exact) mass is 264 g/mol. The van der Waals surface area contributed by atoms with Gasteiger partial charge in [0.2, 0.25) is 0 Å². The summed E-state index contributed by atoms with van der Waals surface area (Å²) in [6.45, 7) is 6.71. The van der Waals surface area contributed by atoms with Gasteiger partial charge in [0.25, 0.3) is 0 Å². The topological polar surface area (TPSA) is 15.3 Å². The number of hydrogen-bond donors (Lipinski definition) is 1. The molecule has 2 aliphatic rings. The third-order valence-corrected chi connectivity index (χ3v) is 4.94. The minimum Gasteiger partial charge on any atom is -0.357 e. The van der Waals surface area contributed by atoms with Crippen molar-refractivity contribution in [3.63, 3.8) is 0 Å². The Kier molecular flexibility index (Phi) is 2.26. The molecule has 1 atom stereocenters. The SMILES string of the molecule is CC1(C)C[C@@]2(C)Sc3ccccc3N2C(=S)N1. The number of rotatable bonds is 0. The Labute approximate surface area is 112 Å². The highest BCUT2D eigenvalue weighted by Crippen LogP contribution is 2.54. The second kappa shape index (κ2) is 3.39. The van der Waals surface area contributed by atoms with Crippen LogP contribution in [0.3, 0.4) is 0 Å². The lowest BCUT2D eigenvalue weighted by Crippen LogP contribution is -2.64. The molecule has 2 nitrogen and oxygen atoms in total. The van der Waals surface area contributed by atoms with Gasteiger partial charge >= 0.3 is 0 Å². The van der Waals surface area contributed by atoms with Crippen molar-refractivity contribution < 1.29 is 0 Å². The molecule has 1 saturated heterocycles. The van der Waals surface area contributed by atoms with E-state index in [2.05, 4.69) is 55.3 Å². The summed E-state index contributed by atoms with van der Waals surface area (Å²) in [4.78, 5) is 3.65. The average molecular weight is 264 g/mol. The average Bonchev–Trinajstić information content (AvgIpc) is 2.46. The third kappa shape index (κ3) is 1.66. The highest BCUT2D eigenvalue weighted by atomic mass is 32.2. The van der Waals surface area contributed by atoms with Gasteiger partial charge in [-0.05, 0) is 45.1 Å². The van der Waals surface area contributed by atoms with E-state index in [1.807, 2.05) is 11.8 Å².